The summed E-state index contributed by atoms with van der Waals surface area (Å²) in [5.74, 6) is -3.55. The lowest BCUT2D eigenvalue weighted by molar-refractivity contribution is -0.385. The van der Waals surface area contributed by atoms with E-state index in [-0.39, 0.29) is 25.8 Å². The Morgan fingerprint density at radius 1 is 0.667 bits per heavy atom. The molecule has 0 heterocycles. The van der Waals surface area contributed by atoms with Gasteiger partial charge in [-0.2, -0.15) is 0 Å². The number of hydrogen-bond acceptors (Lipinski definition) is 2. The molecule has 0 spiro atoms. The van der Waals surface area contributed by atoms with E-state index in [4.69, 9.17) is 139 Å². The van der Waals surface area contributed by atoms with Crippen LogP contribution in [0.2, 0.25) is 0 Å². The van der Waals surface area contributed by atoms with E-state index in [0.717, 1.165) is 0 Å². The molecule has 194 valence electrons. The zero-order chi connectivity index (χ0) is 26.9. The summed E-state index contributed by atoms with van der Waals surface area (Å²) in [6.45, 7) is 0. The molecule has 1 aromatic rings. The molecule has 2 fully saturated rings. The minimum Gasteiger partial charge on any atom is -0.258 e. The van der Waals surface area contributed by atoms with Gasteiger partial charge in [-0.1, -0.05) is 92.8 Å². The van der Waals surface area contributed by atoms with Crippen molar-refractivity contribution >= 4 is 167 Å². The van der Waals surface area contributed by atoms with E-state index in [0.29, 0.717) is 14.7 Å². The Hall–Kier alpha value is 2.31. The molecule has 1 aromatic carbocycles. The standard InChI is InChI=1S/C20H6Cl12INO2/c21-11-13(23)17(27)9-7(15(11,25)19(17,29)30)3-1-5(33)6(34(35)36)2-4(3)8-10(9)18(28)14(24)12(22)16(8,26)20(18,31)32/h1-2,7-10H/t7-,8+,9+,10-,15-,16-,17-,18-/m0/s1. The molecule has 0 amide bonds. The fraction of sp³-hybridized carbons (Fsp3) is 0.500. The molecule has 3 nitrogen and oxygen atoms in total. The van der Waals surface area contributed by atoms with Crippen LogP contribution in [-0.2, 0) is 0 Å². The summed E-state index contributed by atoms with van der Waals surface area (Å²) in [7, 11) is 0. The third kappa shape index (κ3) is 2.51. The number of nitro benzene ring substituents is 1. The van der Waals surface area contributed by atoms with E-state index in [1.807, 2.05) is 22.6 Å². The SMILES string of the molecule is O=[N+]([O-])c1cc2c(cc1I)[C@H]1[C@H]([C@@H]3[C@@H]2[C@]2(Cl)C(Cl)=C(Cl)[C@]3(Cl)C2(Cl)Cl)[C@]2(Cl)C(Cl)=C(Cl)[C@]1(Cl)C2(Cl)Cl. The molecule has 5 aliphatic carbocycles. The van der Waals surface area contributed by atoms with Crippen LogP contribution in [0.5, 0.6) is 0 Å². The number of rotatable bonds is 1. The fourth-order valence-electron chi connectivity index (χ4n) is 7.05. The lowest BCUT2D eigenvalue weighted by Crippen LogP contribution is -2.53. The van der Waals surface area contributed by atoms with Gasteiger partial charge in [0.25, 0.3) is 5.69 Å². The van der Waals surface area contributed by atoms with Crippen molar-refractivity contribution in [1.29, 1.82) is 0 Å². The normalized spacial score (nSPS) is 46.8. The van der Waals surface area contributed by atoms with Gasteiger partial charge in [-0.05, 0) is 39.8 Å². The van der Waals surface area contributed by atoms with E-state index in [9.17, 15) is 10.1 Å². The van der Waals surface area contributed by atoms with Crippen LogP contribution in [0.1, 0.15) is 23.0 Å². The van der Waals surface area contributed by atoms with Crippen molar-refractivity contribution in [2.45, 2.75) is 40.0 Å². The lowest BCUT2D eigenvalue weighted by atomic mass is 9.57. The molecule has 4 bridgehead atoms. The Labute approximate surface area is 278 Å². The fourth-order valence-corrected chi connectivity index (χ4v) is 13.8. The molecule has 6 rings (SSSR count). The minimum atomic E-state index is -1.99. The molecule has 36 heavy (non-hydrogen) atoms. The van der Waals surface area contributed by atoms with Gasteiger partial charge >= 0.3 is 0 Å². The van der Waals surface area contributed by atoms with Gasteiger partial charge in [0.15, 0.2) is 8.67 Å². The van der Waals surface area contributed by atoms with E-state index >= 15 is 0 Å². The van der Waals surface area contributed by atoms with Crippen molar-refractivity contribution in [2.24, 2.45) is 11.8 Å². The third-order valence-electron chi connectivity index (χ3n) is 8.39. The van der Waals surface area contributed by atoms with E-state index in [1.165, 1.54) is 6.07 Å². The second kappa shape index (κ2) is 7.82. The molecular formula is C20H6Cl12INO2. The molecule has 5 aliphatic rings. The first kappa shape index (κ1) is 28.4. The van der Waals surface area contributed by atoms with Gasteiger partial charge in [0, 0.05) is 29.7 Å². The summed E-state index contributed by atoms with van der Waals surface area (Å²) in [6, 6.07) is 2.99. The maximum atomic E-state index is 11.9. The molecule has 8 atom stereocenters. The molecule has 0 aliphatic heterocycles. The van der Waals surface area contributed by atoms with Crippen LogP contribution in [0, 0.1) is 25.5 Å². The topological polar surface area (TPSA) is 43.1 Å². The van der Waals surface area contributed by atoms with Crippen molar-refractivity contribution in [3.05, 3.63) is 57.1 Å². The van der Waals surface area contributed by atoms with Crippen LogP contribution in [0.25, 0.3) is 0 Å². The lowest BCUT2D eigenvalue weighted by Gasteiger charge is -2.52. The molecule has 2 saturated carbocycles. The van der Waals surface area contributed by atoms with Crippen LogP contribution in [0.15, 0.2) is 32.3 Å². The van der Waals surface area contributed by atoms with Crippen molar-refractivity contribution in [3.8, 4) is 0 Å². The third-order valence-corrected chi connectivity index (χ3v) is 17.8. The van der Waals surface area contributed by atoms with Crippen LogP contribution in [-0.4, -0.2) is 33.1 Å². The number of alkyl halides is 8. The summed E-state index contributed by atoms with van der Waals surface area (Å²) in [4.78, 5) is 4.26. The summed E-state index contributed by atoms with van der Waals surface area (Å²) in [5, 5.41) is 11.7. The maximum absolute atomic E-state index is 11.9. The summed E-state index contributed by atoms with van der Waals surface area (Å²) < 4.78 is -3.63. The monoisotopic (exact) mass is 839 g/mol. The molecule has 0 radical (unpaired) electrons. The smallest absolute Gasteiger partial charge is 0.258 e. The molecule has 0 N–H and O–H groups in total. The number of hydrogen-bond donors (Lipinski definition) is 0. The van der Waals surface area contributed by atoms with Crippen LogP contribution < -0.4 is 0 Å². The van der Waals surface area contributed by atoms with Crippen molar-refractivity contribution in [3.63, 3.8) is 0 Å². The van der Waals surface area contributed by atoms with Crippen molar-refractivity contribution in [2.75, 3.05) is 0 Å². The molecule has 0 saturated heterocycles. The predicted octanol–water partition coefficient (Wildman–Crippen LogP) is 10.3. The second-order valence-corrected chi connectivity index (χ2v) is 17.2. The first-order chi connectivity index (χ1) is 16.3. The highest BCUT2D eigenvalue weighted by Crippen LogP contribution is 2.88. The highest BCUT2D eigenvalue weighted by atomic mass is 127. The number of benzene rings is 1. The minimum absolute atomic E-state index is 0.0418. The average molecular weight is 845 g/mol. The Bertz CT molecular complexity index is 1400. The van der Waals surface area contributed by atoms with Gasteiger partial charge in [0.1, 0.15) is 19.5 Å². The van der Waals surface area contributed by atoms with Crippen molar-refractivity contribution < 1.29 is 4.92 Å². The summed E-state index contributed by atoms with van der Waals surface area (Å²) >= 11 is 85.2. The Morgan fingerprint density at radius 3 is 1.36 bits per heavy atom. The van der Waals surface area contributed by atoms with Gasteiger partial charge in [-0.3, -0.25) is 10.1 Å². The Kier molecular flexibility index (Phi) is 6.18. The first-order valence-electron chi connectivity index (χ1n) is 9.93. The molecular weight excluding hydrogens is 839 g/mol. The van der Waals surface area contributed by atoms with E-state index in [2.05, 4.69) is 0 Å². The van der Waals surface area contributed by atoms with Crippen LogP contribution in [0.3, 0.4) is 0 Å². The highest BCUT2D eigenvalue weighted by molar-refractivity contribution is 14.1. The molecule has 0 aromatic heterocycles. The second-order valence-electron chi connectivity index (χ2n) is 9.45. The average Bonchev–Trinajstić information content (AvgIpc) is 3.12. The number of allylic oxidation sites excluding steroid dienone is 4. The van der Waals surface area contributed by atoms with Crippen molar-refractivity contribution in [1.82, 2.24) is 0 Å². The zero-order valence-electron chi connectivity index (χ0n) is 16.6. The quantitative estimate of drug-likeness (QED) is 0.122. The number of nitro groups is 1. The highest BCUT2D eigenvalue weighted by Gasteiger charge is 2.91. The van der Waals surface area contributed by atoms with E-state index in [1.54, 1.807) is 6.07 Å². The van der Waals surface area contributed by atoms with Gasteiger partial charge in [-0.15, -0.1) is 46.4 Å². The van der Waals surface area contributed by atoms with Crippen LogP contribution >= 0.6 is 162 Å². The van der Waals surface area contributed by atoms with Gasteiger partial charge < -0.3 is 0 Å². The van der Waals surface area contributed by atoms with Crippen LogP contribution in [0.4, 0.5) is 5.69 Å². The van der Waals surface area contributed by atoms with Gasteiger partial charge in [0.05, 0.1) is 28.6 Å². The summed E-state index contributed by atoms with van der Waals surface area (Å²) in [6.07, 6.45) is 0. The van der Waals surface area contributed by atoms with Gasteiger partial charge in [0.2, 0.25) is 0 Å². The number of halogens is 13. The first-order valence-corrected chi connectivity index (χ1v) is 15.5. The summed E-state index contributed by atoms with van der Waals surface area (Å²) in [5.41, 5.74) is 0.713. The zero-order valence-corrected chi connectivity index (χ0v) is 27.9. The number of nitrogens with zero attached hydrogens (tertiary/aromatic N) is 1. The Morgan fingerprint density at radius 2 is 1.00 bits per heavy atom. The molecule has 16 heteroatoms. The Balaban J connectivity index is 1.80. The van der Waals surface area contributed by atoms with E-state index < -0.39 is 56.8 Å². The van der Waals surface area contributed by atoms with Gasteiger partial charge in [-0.25, -0.2) is 0 Å². The molecule has 0 unspecified atom stereocenters. The maximum Gasteiger partial charge on any atom is 0.282 e. The largest absolute Gasteiger partial charge is 0.282 e. The number of fused-ring (bicyclic) bond motifs is 14. The predicted molar refractivity (Wildman–Crippen MR) is 159 cm³/mol.